The zero-order valence-corrected chi connectivity index (χ0v) is 19.7. The van der Waals surface area contributed by atoms with Gasteiger partial charge in [0.1, 0.15) is 0 Å². The minimum atomic E-state index is -0.185. The fourth-order valence-electron chi connectivity index (χ4n) is 3.97. The minimum absolute atomic E-state index is 0.0179. The first-order valence-electron chi connectivity index (χ1n) is 10.6. The van der Waals surface area contributed by atoms with E-state index in [0.29, 0.717) is 0 Å². The lowest BCUT2D eigenvalue weighted by molar-refractivity contribution is -0.0308. The molecule has 160 valence electrons. The Morgan fingerprint density at radius 1 is 1.07 bits per heavy atom. The first kappa shape index (κ1) is 24.3. The smallest absolute Gasteiger partial charge is 0.0643 e. The highest BCUT2D eigenvalue weighted by Gasteiger charge is 2.43. The van der Waals surface area contributed by atoms with Crippen LogP contribution in [0, 0.1) is 10.8 Å². The highest BCUT2D eigenvalue weighted by Crippen LogP contribution is 2.46. The molecule has 0 fully saturated rings. The molecular formula is C22H46N4O. The number of nitrogens with one attached hydrogen (secondary N) is 1. The fraction of sp³-hybridized carbons (Fsp3) is 0.909. The lowest BCUT2D eigenvalue weighted by Crippen LogP contribution is -2.52. The Kier molecular flexibility index (Phi) is 7.82. The van der Waals surface area contributed by atoms with Gasteiger partial charge < -0.3 is 10.5 Å². The van der Waals surface area contributed by atoms with Crippen molar-refractivity contribution in [3.63, 3.8) is 0 Å². The highest BCUT2D eigenvalue weighted by molar-refractivity contribution is 5.14. The third-order valence-electron chi connectivity index (χ3n) is 6.43. The Morgan fingerprint density at radius 2 is 1.67 bits per heavy atom. The largest absolute Gasteiger partial charge is 0.376 e. The van der Waals surface area contributed by atoms with Crippen LogP contribution >= 0.6 is 0 Å². The molecule has 1 heterocycles. The molecule has 0 aromatic heterocycles. The van der Waals surface area contributed by atoms with Gasteiger partial charge in [-0.25, -0.2) is 0 Å². The van der Waals surface area contributed by atoms with Crippen molar-refractivity contribution in [3.8, 4) is 0 Å². The Bertz CT molecular complexity index is 508. The van der Waals surface area contributed by atoms with Crippen molar-refractivity contribution in [2.75, 3.05) is 20.2 Å². The second-order valence-corrected chi connectivity index (χ2v) is 10.4. The van der Waals surface area contributed by atoms with E-state index in [0.717, 1.165) is 38.8 Å². The maximum absolute atomic E-state index is 6.62. The first-order valence-corrected chi connectivity index (χ1v) is 10.6. The van der Waals surface area contributed by atoms with E-state index in [1.165, 1.54) is 5.70 Å². The number of rotatable bonds is 11. The number of ether oxygens (including phenoxy) is 1. The molecule has 0 saturated carbocycles. The van der Waals surface area contributed by atoms with E-state index in [4.69, 9.17) is 10.5 Å². The van der Waals surface area contributed by atoms with Gasteiger partial charge in [0.25, 0.3) is 0 Å². The molecule has 1 rings (SSSR count). The quantitative estimate of drug-likeness (QED) is 0.544. The number of nitrogens with two attached hydrogens (primary N) is 1. The molecule has 0 amide bonds. The lowest BCUT2D eigenvalue weighted by Gasteiger charge is -2.46. The van der Waals surface area contributed by atoms with Crippen LogP contribution in [0.1, 0.15) is 88.0 Å². The van der Waals surface area contributed by atoms with E-state index in [2.05, 4.69) is 91.1 Å². The van der Waals surface area contributed by atoms with E-state index in [-0.39, 0.29) is 22.0 Å². The van der Waals surface area contributed by atoms with Crippen molar-refractivity contribution in [3.05, 3.63) is 11.9 Å². The number of hydrazine groups is 2. The number of hydrogen-bond donors (Lipinski definition) is 2. The molecule has 27 heavy (non-hydrogen) atoms. The average Bonchev–Trinajstić information content (AvgIpc) is 2.92. The highest BCUT2D eigenvalue weighted by atomic mass is 16.5. The van der Waals surface area contributed by atoms with E-state index < -0.39 is 0 Å². The normalized spacial score (nSPS) is 18.7. The Labute approximate surface area is 168 Å². The molecule has 0 bridgehead atoms. The number of allylic oxidation sites excluding steroid dienone is 1. The molecule has 1 unspecified atom stereocenters. The summed E-state index contributed by atoms with van der Waals surface area (Å²) in [6, 6.07) is 0. The van der Waals surface area contributed by atoms with Gasteiger partial charge in [0.15, 0.2) is 0 Å². The molecule has 0 spiro atoms. The first-order chi connectivity index (χ1) is 12.2. The van der Waals surface area contributed by atoms with E-state index in [1.54, 1.807) is 0 Å². The topological polar surface area (TPSA) is 53.8 Å². The number of nitrogens with zero attached hydrogens (tertiary/aromatic N) is 2. The molecule has 0 saturated heterocycles. The standard InChI is InChI=1S/C22H46N4O/c1-11-15-27-21(7,8)13-14-26-16-18(25(10)24-26)19(3,4)17-20(5,6)22(9,23)12-2/h16,24H,11-15,17,23H2,1-10H3. The molecule has 0 aliphatic carbocycles. The molecule has 1 atom stereocenters. The van der Waals surface area contributed by atoms with Gasteiger partial charge in [0.2, 0.25) is 0 Å². The molecule has 0 aromatic carbocycles. The Hall–Kier alpha value is -0.780. The molecule has 0 radical (unpaired) electrons. The van der Waals surface area contributed by atoms with Gasteiger partial charge >= 0.3 is 0 Å². The van der Waals surface area contributed by atoms with Gasteiger partial charge in [0, 0.05) is 37.4 Å². The van der Waals surface area contributed by atoms with Crippen molar-refractivity contribution in [1.29, 1.82) is 0 Å². The fourth-order valence-corrected chi connectivity index (χ4v) is 3.97. The predicted molar refractivity (Wildman–Crippen MR) is 116 cm³/mol. The summed E-state index contributed by atoms with van der Waals surface area (Å²) in [5, 5.41) is 4.33. The Morgan fingerprint density at radius 3 is 2.19 bits per heavy atom. The van der Waals surface area contributed by atoms with E-state index in [1.807, 2.05) is 0 Å². The van der Waals surface area contributed by atoms with Crippen LogP contribution in [-0.4, -0.2) is 41.4 Å². The van der Waals surface area contributed by atoms with Crippen molar-refractivity contribution < 1.29 is 4.74 Å². The van der Waals surface area contributed by atoms with Gasteiger partial charge in [-0.1, -0.05) is 41.5 Å². The second-order valence-electron chi connectivity index (χ2n) is 10.4. The van der Waals surface area contributed by atoms with Gasteiger partial charge in [-0.3, -0.25) is 10.0 Å². The summed E-state index contributed by atoms with van der Waals surface area (Å²) in [6.07, 6.45) is 6.28. The third kappa shape index (κ3) is 6.37. The third-order valence-corrected chi connectivity index (χ3v) is 6.43. The summed E-state index contributed by atoms with van der Waals surface area (Å²) in [5.41, 5.74) is 11.2. The SMILES string of the molecule is CCCOC(C)(C)CCN1C=C(C(C)(C)CC(C)(C)C(C)(N)CC)N(C)N1. The van der Waals surface area contributed by atoms with Crippen molar-refractivity contribution in [2.45, 2.75) is 99.1 Å². The van der Waals surface area contributed by atoms with Gasteiger partial charge in [-0.2, -0.15) is 0 Å². The zero-order valence-electron chi connectivity index (χ0n) is 19.7. The maximum Gasteiger partial charge on any atom is 0.0643 e. The van der Waals surface area contributed by atoms with Crippen LogP contribution in [0.4, 0.5) is 0 Å². The summed E-state index contributed by atoms with van der Waals surface area (Å²) in [6.45, 7) is 21.8. The number of hydrogen-bond acceptors (Lipinski definition) is 5. The van der Waals surface area contributed by atoms with Crippen LogP contribution < -0.4 is 11.3 Å². The zero-order chi connectivity index (χ0) is 21.1. The minimum Gasteiger partial charge on any atom is -0.376 e. The molecule has 0 aromatic rings. The van der Waals surface area contributed by atoms with E-state index in [9.17, 15) is 0 Å². The lowest BCUT2D eigenvalue weighted by atomic mass is 9.63. The second kappa shape index (κ2) is 8.71. The summed E-state index contributed by atoms with van der Waals surface area (Å²) >= 11 is 0. The summed E-state index contributed by atoms with van der Waals surface area (Å²) in [5.74, 6) is 0. The van der Waals surface area contributed by atoms with Crippen LogP contribution in [0.2, 0.25) is 0 Å². The molecule has 1 aliphatic rings. The molecule has 5 heteroatoms. The van der Waals surface area contributed by atoms with Gasteiger partial charge in [-0.05, 0) is 51.9 Å². The van der Waals surface area contributed by atoms with Gasteiger partial charge in [-0.15, -0.1) is 5.53 Å². The average molecular weight is 383 g/mol. The summed E-state index contributed by atoms with van der Waals surface area (Å²) in [7, 11) is 2.10. The monoisotopic (exact) mass is 382 g/mol. The molecule has 3 N–H and O–H groups in total. The van der Waals surface area contributed by atoms with Crippen LogP contribution in [0.25, 0.3) is 0 Å². The van der Waals surface area contributed by atoms with Crippen LogP contribution in [-0.2, 0) is 4.74 Å². The predicted octanol–water partition coefficient (Wildman–Crippen LogP) is 4.66. The van der Waals surface area contributed by atoms with Crippen molar-refractivity contribution in [2.24, 2.45) is 16.6 Å². The summed E-state index contributed by atoms with van der Waals surface area (Å²) < 4.78 is 5.97. The van der Waals surface area contributed by atoms with Crippen LogP contribution in [0.5, 0.6) is 0 Å². The van der Waals surface area contributed by atoms with E-state index >= 15 is 0 Å². The molecule has 1 aliphatic heterocycles. The summed E-state index contributed by atoms with van der Waals surface area (Å²) in [4.78, 5) is 0. The van der Waals surface area contributed by atoms with Crippen molar-refractivity contribution >= 4 is 0 Å². The Balaban J connectivity index is 2.82. The molecule has 5 nitrogen and oxygen atoms in total. The van der Waals surface area contributed by atoms with Crippen molar-refractivity contribution in [1.82, 2.24) is 15.6 Å². The molecular weight excluding hydrogens is 336 g/mol. The van der Waals surface area contributed by atoms with Crippen LogP contribution in [0.15, 0.2) is 11.9 Å². The van der Waals surface area contributed by atoms with Crippen LogP contribution in [0.3, 0.4) is 0 Å². The maximum atomic E-state index is 6.62. The van der Waals surface area contributed by atoms with Gasteiger partial charge in [0.05, 0.1) is 11.3 Å².